The Kier molecular flexibility index (Phi) is 4.96. The minimum Gasteiger partial charge on any atom is -0.386 e. The fraction of sp³-hybridized carbons (Fsp3) is 0.786. The van der Waals surface area contributed by atoms with Crippen molar-refractivity contribution >= 4 is 0 Å². The Bertz CT molecular complexity index is 382. The third-order valence-corrected chi connectivity index (χ3v) is 3.82. The summed E-state index contributed by atoms with van der Waals surface area (Å²) in [5, 5.41) is 18.0. The van der Waals surface area contributed by atoms with Gasteiger partial charge in [-0.25, -0.2) is 0 Å². The molecular formula is C14H25N3O2. The normalized spacial score (nSPS) is 23.4. The van der Waals surface area contributed by atoms with E-state index in [0.717, 1.165) is 18.5 Å². The van der Waals surface area contributed by atoms with Crippen LogP contribution in [0, 0.1) is 0 Å². The van der Waals surface area contributed by atoms with E-state index in [2.05, 4.69) is 24.3 Å². The van der Waals surface area contributed by atoms with Gasteiger partial charge in [0.05, 0.1) is 18.3 Å². The molecule has 1 unspecified atom stereocenters. The van der Waals surface area contributed by atoms with E-state index in [-0.39, 0.29) is 0 Å². The van der Waals surface area contributed by atoms with Crippen molar-refractivity contribution in [3.8, 4) is 0 Å². The smallest absolute Gasteiger partial charge is 0.103 e. The van der Waals surface area contributed by atoms with E-state index >= 15 is 0 Å². The monoisotopic (exact) mass is 267 g/mol. The van der Waals surface area contributed by atoms with Gasteiger partial charge in [0.15, 0.2) is 0 Å². The molecule has 2 rings (SSSR count). The van der Waals surface area contributed by atoms with Crippen molar-refractivity contribution in [2.45, 2.75) is 51.3 Å². The molecule has 108 valence electrons. The molecule has 19 heavy (non-hydrogen) atoms. The first-order valence-corrected chi connectivity index (χ1v) is 7.22. The molecule has 0 amide bonds. The van der Waals surface area contributed by atoms with Crippen LogP contribution in [0.25, 0.3) is 0 Å². The molecular weight excluding hydrogens is 242 g/mol. The van der Waals surface area contributed by atoms with E-state index in [9.17, 15) is 5.11 Å². The zero-order valence-corrected chi connectivity index (χ0v) is 11.9. The molecule has 1 aliphatic rings. The number of nitrogens with one attached hydrogen (secondary N) is 1. The second-order valence-electron chi connectivity index (χ2n) is 5.39. The fourth-order valence-corrected chi connectivity index (χ4v) is 2.50. The highest BCUT2D eigenvalue weighted by molar-refractivity contribution is 5.00. The summed E-state index contributed by atoms with van der Waals surface area (Å²) in [5.41, 5.74) is 0.326. The quantitative estimate of drug-likeness (QED) is 0.786. The molecule has 5 nitrogen and oxygen atoms in total. The van der Waals surface area contributed by atoms with Gasteiger partial charge in [-0.1, -0.05) is 13.8 Å². The Hall–Kier alpha value is -0.910. The van der Waals surface area contributed by atoms with Crippen LogP contribution in [0.1, 0.15) is 44.8 Å². The summed E-state index contributed by atoms with van der Waals surface area (Å²) < 4.78 is 7.26. The average molecular weight is 267 g/mol. The number of hydrogen-bond acceptors (Lipinski definition) is 4. The van der Waals surface area contributed by atoms with E-state index < -0.39 is 5.60 Å². The number of nitrogens with zero attached hydrogens (tertiary/aromatic N) is 2. The molecule has 1 saturated heterocycles. The summed E-state index contributed by atoms with van der Waals surface area (Å²) in [6.45, 7) is 6.71. The van der Waals surface area contributed by atoms with Gasteiger partial charge in [-0.05, 0) is 18.9 Å². The SMILES string of the molecule is CCC(CC)n1ccc(CNCC2(O)CCOC2)n1. The minimum atomic E-state index is -0.696. The van der Waals surface area contributed by atoms with Gasteiger partial charge in [-0.3, -0.25) is 4.68 Å². The lowest BCUT2D eigenvalue weighted by Crippen LogP contribution is -2.40. The lowest BCUT2D eigenvalue weighted by Gasteiger charge is -2.20. The van der Waals surface area contributed by atoms with Crippen molar-refractivity contribution in [1.82, 2.24) is 15.1 Å². The zero-order valence-electron chi connectivity index (χ0n) is 11.9. The first kappa shape index (κ1) is 14.5. The van der Waals surface area contributed by atoms with Crippen molar-refractivity contribution in [2.24, 2.45) is 0 Å². The summed E-state index contributed by atoms with van der Waals surface area (Å²) in [5.74, 6) is 0. The van der Waals surface area contributed by atoms with Crippen molar-refractivity contribution < 1.29 is 9.84 Å². The Morgan fingerprint density at radius 3 is 2.95 bits per heavy atom. The third kappa shape index (κ3) is 3.78. The van der Waals surface area contributed by atoms with Gasteiger partial charge in [0.1, 0.15) is 5.60 Å². The van der Waals surface area contributed by atoms with Gasteiger partial charge in [0, 0.05) is 32.3 Å². The second kappa shape index (κ2) is 6.50. The molecule has 1 fully saturated rings. The number of rotatable bonds is 7. The average Bonchev–Trinajstić information content (AvgIpc) is 3.01. The Morgan fingerprint density at radius 1 is 1.53 bits per heavy atom. The molecule has 0 radical (unpaired) electrons. The van der Waals surface area contributed by atoms with Crippen molar-refractivity contribution in [3.63, 3.8) is 0 Å². The van der Waals surface area contributed by atoms with Gasteiger partial charge in [-0.2, -0.15) is 5.10 Å². The van der Waals surface area contributed by atoms with Gasteiger partial charge in [0.2, 0.25) is 0 Å². The van der Waals surface area contributed by atoms with Crippen LogP contribution in [0.5, 0.6) is 0 Å². The molecule has 0 bridgehead atoms. The lowest BCUT2D eigenvalue weighted by atomic mass is 10.0. The first-order chi connectivity index (χ1) is 9.17. The summed E-state index contributed by atoms with van der Waals surface area (Å²) in [6, 6.07) is 2.53. The van der Waals surface area contributed by atoms with E-state index in [0.29, 0.717) is 38.8 Å². The highest BCUT2D eigenvalue weighted by Gasteiger charge is 2.31. The van der Waals surface area contributed by atoms with Gasteiger partial charge in [-0.15, -0.1) is 0 Å². The van der Waals surface area contributed by atoms with E-state index in [1.165, 1.54) is 0 Å². The summed E-state index contributed by atoms with van der Waals surface area (Å²) in [6.07, 6.45) is 4.95. The molecule has 1 atom stereocenters. The highest BCUT2D eigenvalue weighted by Crippen LogP contribution is 2.17. The Morgan fingerprint density at radius 2 is 2.32 bits per heavy atom. The Labute approximate surface area is 115 Å². The van der Waals surface area contributed by atoms with Crippen molar-refractivity contribution in [2.75, 3.05) is 19.8 Å². The van der Waals surface area contributed by atoms with Gasteiger partial charge < -0.3 is 15.2 Å². The van der Waals surface area contributed by atoms with Crippen LogP contribution in [0.2, 0.25) is 0 Å². The highest BCUT2D eigenvalue weighted by atomic mass is 16.5. The van der Waals surface area contributed by atoms with E-state index in [1.807, 2.05) is 16.9 Å². The maximum atomic E-state index is 10.1. The molecule has 0 saturated carbocycles. The standard InChI is InChI=1S/C14H25N3O2/c1-3-13(4-2)17-7-5-12(16-17)9-15-10-14(18)6-8-19-11-14/h5,7,13,15,18H,3-4,6,8-11H2,1-2H3. The van der Waals surface area contributed by atoms with Crippen molar-refractivity contribution in [1.29, 1.82) is 0 Å². The molecule has 0 aliphatic carbocycles. The van der Waals surface area contributed by atoms with Crippen molar-refractivity contribution in [3.05, 3.63) is 18.0 Å². The van der Waals surface area contributed by atoms with Crippen LogP contribution in [0.3, 0.4) is 0 Å². The maximum absolute atomic E-state index is 10.1. The number of hydrogen-bond donors (Lipinski definition) is 2. The Balaban J connectivity index is 1.80. The molecule has 0 aromatic carbocycles. The summed E-state index contributed by atoms with van der Waals surface area (Å²) >= 11 is 0. The van der Waals surface area contributed by atoms with Crippen LogP contribution < -0.4 is 5.32 Å². The molecule has 2 heterocycles. The zero-order chi connectivity index (χ0) is 13.7. The molecule has 1 aromatic rings. The lowest BCUT2D eigenvalue weighted by molar-refractivity contribution is 0.0268. The predicted molar refractivity (Wildman–Crippen MR) is 73.9 cm³/mol. The molecule has 5 heteroatoms. The maximum Gasteiger partial charge on any atom is 0.103 e. The van der Waals surface area contributed by atoms with Crippen LogP contribution in [0.15, 0.2) is 12.3 Å². The number of ether oxygens (including phenoxy) is 1. The predicted octanol–water partition coefficient (Wildman–Crippen LogP) is 1.49. The molecule has 2 N–H and O–H groups in total. The second-order valence-corrected chi connectivity index (χ2v) is 5.39. The minimum absolute atomic E-state index is 0.433. The summed E-state index contributed by atoms with van der Waals surface area (Å²) in [7, 11) is 0. The number of aromatic nitrogens is 2. The van der Waals surface area contributed by atoms with Gasteiger partial charge >= 0.3 is 0 Å². The molecule has 1 aliphatic heterocycles. The van der Waals surface area contributed by atoms with Gasteiger partial charge in [0.25, 0.3) is 0 Å². The summed E-state index contributed by atoms with van der Waals surface area (Å²) in [4.78, 5) is 0. The third-order valence-electron chi connectivity index (χ3n) is 3.82. The van der Waals surface area contributed by atoms with Crippen LogP contribution >= 0.6 is 0 Å². The fourth-order valence-electron chi connectivity index (χ4n) is 2.50. The van der Waals surface area contributed by atoms with Crippen LogP contribution in [-0.2, 0) is 11.3 Å². The molecule has 0 spiro atoms. The number of aliphatic hydroxyl groups is 1. The van der Waals surface area contributed by atoms with Crippen LogP contribution in [-0.4, -0.2) is 40.2 Å². The first-order valence-electron chi connectivity index (χ1n) is 7.22. The van der Waals surface area contributed by atoms with E-state index in [4.69, 9.17) is 4.74 Å². The van der Waals surface area contributed by atoms with E-state index in [1.54, 1.807) is 0 Å². The molecule has 1 aromatic heterocycles. The topological polar surface area (TPSA) is 59.3 Å². The largest absolute Gasteiger partial charge is 0.386 e. The van der Waals surface area contributed by atoms with Crippen LogP contribution in [0.4, 0.5) is 0 Å².